The standard InChI is InChI=1S/C31H40N8O4S/c1-18(2)25-30-38-24(17-44-30)29(43)37-23(14-20-10-6-5-7-11-20)27(41)32-13-9-8-12-22(28(42)39-25)36-26(40)21-15-33-31(34-16-21)35-19(3)4/h5-7,10-11,15-19,22-23,25H,8-9,12-14H2,1-4H3,(H,32,41)(H,36,40)(H,37,43)(H,39,42)(H,33,34,35)/t22-,23+,25+/m0/s1. The largest absolute Gasteiger partial charge is 0.354 e. The van der Waals surface area contributed by atoms with Crippen molar-refractivity contribution in [1.29, 1.82) is 0 Å². The number of rotatable bonds is 7. The quantitative estimate of drug-likeness (QED) is 0.269. The summed E-state index contributed by atoms with van der Waals surface area (Å²) in [5, 5.41) is 16.9. The van der Waals surface area contributed by atoms with Gasteiger partial charge in [0.1, 0.15) is 22.8 Å². The molecule has 0 saturated heterocycles. The van der Waals surface area contributed by atoms with Crippen molar-refractivity contribution in [3.8, 4) is 0 Å². The molecule has 2 aromatic heterocycles. The predicted molar refractivity (Wildman–Crippen MR) is 168 cm³/mol. The van der Waals surface area contributed by atoms with Gasteiger partial charge in [-0.2, -0.15) is 0 Å². The summed E-state index contributed by atoms with van der Waals surface area (Å²) in [6.45, 7) is 8.15. The number of hydrogen-bond acceptors (Lipinski definition) is 9. The van der Waals surface area contributed by atoms with Gasteiger partial charge in [0.2, 0.25) is 17.8 Å². The fraction of sp³-hybridized carbons (Fsp3) is 0.452. The second-order valence-corrected chi connectivity index (χ2v) is 12.3. The van der Waals surface area contributed by atoms with Crippen LogP contribution in [-0.2, 0) is 16.0 Å². The van der Waals surface area contributed by atoms with Gasteiger partial charge in [0, 0.05) is 36.8 Å². The molecule has 12 nitrogen and oxygen atoms in total. The summed E-state index contributed by atoms with van der Waals surface area (Å²) in [6, 6.07) is 7.49. The first kappa shape index (κ1) is 32.5. The van der Waals surface area contributed by atoms with E-state index in [4.69, 9.17) is 0 Å². The lowest BCUT2D eigenvalue weighted by Gasteiger charge is -2.25. The zero-order chi connectivity index (χ0) is 31.6. The van der Waals surface area contributed by atoms with Crippen molar-refractivity contribution in [2.24, 2.45) is 5.92 Å². The van der Waals surface area contributed by atoms with E-state index in [2.05, 4.69) is 41.5 Å². The van der Waals surface area contributed by atoms with Gasteiger partial charge in [0.25, 0.3) is 11.8 Å². The highest BCUT2D eigenvalue weighted by atomic mass is 32.1. The van der Waals surface area contributed by atoms with Gasteiger partial charge in [-0.05, 0) is 44.6 Å². The van der Waals surface area contributed by atoms with Crippen LogP contribution >= 0.6 is 11.3 Å². The number of benzene rings is 1. The molecule has 0 radical (unpaired) electrons. The number of nitrogens with zero attached hydrogens (tertiary/aromatic N) is 3. The van der Waals surface area contributed by atoms with E-state index in [1.165, 1.54) is 23.7 Å². The number of aromatic nitrogens is 3. The predicted octanol–water partition coefficient (Wildman–Crippen LogP) is 3.01. The Morgan fingerprint density at radius 3 is 2.41 bits per heavy atom. The van der Waals surface area contributed by atoms with E-state index in [0.29, 0.717) is 43.2 Å². The van der Waals surface area contributed by atoms with Gasteiger partial charge in [-0.25, -0.2) is 15.0 Å². The lowest BCUT2D eigenvalue weighted by molar-refractivity contribution is -0.124. The fourth-order valence-electron chi connectivity index (χ4n) is 4.69. The van der Waals surface area contributed by atoms with E-state index in [-0.39, 0.29) is 35.0 Å². The van der Waals surface area contributed by atoms with Crippen LogP contribution in [0.25, 0.3) is 0 Å². The molecule has 0 fully saturated rings. The minimum Gasteiger partial charge on any atom is -0.354 e. The average molecular weight is 621 g/mol. The van der Waals surface area contributed by atoms with Crippen molar-refractivity contribution in [2.45, 2.75) is 77.5 Å². The molecule has 1 aliphatic rings. The van der Waals surface area contributed by atoms with Gasteiger partial charge < -0.3 is 26.6 Å². The van der Waals surface area contributed by atoms with E-state index in [9.17, 15) is 19.2 Å². The Morgan fingerprint density at radius 1 is 1.00 bits per heavy atom. The molecule has 0 unspecified atom stereocenters. The topological polar surface area (TPSA) is 167 Å². The molecule has 44 heavy (non-hydrogen) atoms. The molecule has 0 saturated carbocycles. The smallest absolute Gasteiger partial charge is 0.271 e. The molecular formula is C31H40N8O4S. The molecule has 0 aliphatic carbocycles. The Labute approximate surface area is 261 Å². The Balaban J connectivity index is 1.54. The van der Waals surface area contributed by atoms with Gasteiger partial charge in [-0.1, -0.05) is 44.2 Å². The normalized spacial score (nSPS) is 20.0. The summed E-state index contributed by atoms with van der Waals surface area (Å²) in [6.07, 6.45) is 4.63. The Bertz CT molecular complexity index is 1430. The van der Waals surface area contributed by atoms with Crippen molar-refractivity contribution < 1.29 is 19.2 Å². The van der Waals surface area contributed by atoms with E-state index in [1.54, 1.807) is 5.38 Å². The number of nitrogens with one attached hydrogen (secondary N) is 5. The van der Waals surface area contributed by atoms with Crippen LogP contribution in [0.1, 0.15) is 84.4 Å². The molecule has 4 amide bonds. The first-order valence-corrected chi connectivity index (χ1v) is 15.8. The van der Waals surface area contributed by atoms with Gasteiger partial charge in [0.05, 0.1) is 11.6 Å². The molecular weight excluding hydrogens is 580 g/mol. The summed E-state index contributed by atoms with van der Waals surface area (Å²) in [7, 11) is 0. The molecule has 3 aromatic rings. The molecule has 0 spiro atoms. The lowest BCUT2D eigenvalue weighted by atomic mass is 10.0. The molecule has 4 rings (SSSR count). The first-order valence-electron chi connectivity index (χ1n) is 14.9. The average Bonchev–Trinajstić information content (AvgIpc) is 3.48. The van der Waals surface area contributed by atoms with Gasteiger partial charge in [-0.15, -0.1) is 11.3 Å². The Morgan fingerprint density at radius 2 is 1.73 bits per heavy atom. The van der Waals surface area contributed by atoms with E-state index in [0.717, 1.165) is 5.56 Å². The number of anilines is 1. The molecule has 2 bridgehead atoms. The maximum Gasteiger partial charge on any atom is 0.271 e. The minimum atomic E-state index is -0.852. The van der Waals surface area contributed by atoms with E-state index >= 15 is 0 Å². The van der Waals surface area contributed by atoms with Crippen molar-refractivity contribution in [2.75, 3.05) is 11.9 Å². The number of fused-ring (bicyclic) bond motifs is 2. The van der Waals surface area contributed by atoms with Gasteiger partial charge in [-0.3, -0.25) is 19.2 Å². The molecule has 1 aliphatic heterocycles. The van der Waals surface area contributed by atoms with Crippen LogP contribution in [0, 0.1) is 5.92 Å². The SMILES string of the molecule is CC(C)Nc1ncc(C(=O)N[C@H]2CCCCNC(=O)[C@@H](Cc3ccccc3)NC(=O)c3csc(n3)[C@@H](C(C)C)NC2=O)cn1. The molecule has 1 aromatic carbocycles. The maximum atomic E-state index is 13.6. The Kier molecular flexibility index (Phi) is 11.4. The van der Waals surface area contributed by atoms with Crippen LogP contribution in [0.5, 0.6) is 0 Å². The van der Waals surface area contributed by atoms with Crippen LogP contribution in [0.4, 0.5) is 5.95 Å². The number of thiazole rings is 1. The molecule has 234 valence electrons. The minimum absolute atomic E-state index is 0.0535. The summed E-state index contributed by atoms with van der Waals surface area (Å²) < 4.78 is 0. The summed E-state index contributed by atoms with van der Waals surface area (Å²) in [5.74, 6) is -1.25. The molecule has 3 atom stereocenters. The highest BCUT2D eigenvalue weighted by Gasteiger charge is 2.29. The molecule has 5 N–H and O–H groups in total. The lowest BCUT2D eigenvalue weighted by Crippen LogP contribution is -2.49. The third kappa shape index (κ3) is 9.06. The zero-order valence-corrected chi connectivity index (χ0v) is 26.2. The second-order valence-electron chi connectivity index (χ2n) is 11.4. The monoisotopic (exact) mass is 620 g/mol. The first-order chi connectivity index (χ1) is 21.1. The summed E-state index contributed by atoms with van der Waals surface area (Å²) in [5.41, 5.74) is 1.31. The van der Waals surface area contributed by atoms with Crippen molar-refractivity contribution >= 4 is 40.9 Å². The number of hydrogen-bond donors (Lipinski definition) is 5. The number of amides is 4. The maximum absolute atomic E-state index is 13.6. The van der Waals surface area contributed by atoms with E-state index in [1.807, 2.05) is 58.0 Å². The highest BCUT2D eigenvalue weighted by molar-refractivity contribution is 7.09. The van der Waals surface area contributed by atoms with Crippen LogP contribution in [0.15, 0.2) is 48.1 Å². The molecule has 13 heteroatoms. The van der Waals surface area contributed by atoms with Crippen molar-refractivity contribution in [3.05, 3.63) is 69.9 Å². The van der Waals surface area contributed by atoms with E-state index < -0.39 is 29.9 Å². The third-order valence-electron chi connectivity index (χ3n) is 7.06. The van der Waals surface area contributed by atoms with Crippen molar-refractivity contribution in [1.82, 2.24) is 36.2 Å². The highest BCUT2D eigenvalue weighted by Crippen LogP contribution is 2.26. The van der Waals surface area contributed by atoms with Crippen LogP contribution in [0.2, 0.25) is 0 Å². The van der Waals surface area contributed by atoms with Gasteiger partial charge in [0.15, 0.2) is 0 Å². The molecule has 3 heterocycles. The fourth-order valence-corrected chi connectivity index (χ4v) is 5.71. The second kappa shape index (κ2) is 15.4. The number of carbonyl (C=O) groups is 4. The zero-order valence-electron chi connectivity index (χ0n) is 25.4. The van der Waals surface area contributed by atoms with Crippen LogP contribution < -0.4 is 26.6 Å². The van der Waals surface area contributed by atoms with Crippen LogP contribution in [0.3, 0.4) is 0 Å². The van der Waals surface area contributed by atoms with Crippen molar-refractivity contribution in [3.63, 3.8) is 0 Å². The third-order valence-corrected chi connectivity index (χ3v) is 7.99. The van der Waals surface area contributed by atoms with Gasteiger partial charge >= 0.3 is 0 Å². The van der Waals surface area contributed by atoms with Crippen LogP contribution in [-0.4, -0.2) is 63.3 Å². The summed E-state index contributed by atoms with van der Waals surface area (Å²) >= 11 is 1.26. The Hall–Kier alpha value is -4.39. The summed E-state index contributed by atoms with van der Waals surface area (Å²) in [4.78, 5) is 66.0. The number of carbonyl (C=O) groups excluding carboxylic acids is 4.